The Morgan fingerprint density at radius 2 is 2.21 bits per heavy atom. The summed E-state index contributed by atoms with van der Waals surface area (Å²) in [7, 11) is 4.96. The van der Waals surface area contributed by atoms with E-state index in [4.69, 9.17) is 10.5 Å². The number of rotatable bonds is 3. The highest BCUT2D eigenvalue weighted by Crippen LogP contribution is 2.22. The molecule has 100 valence electrons. The molecule has 1 amide bonds. The maximum absolute atomic E-state index is 12.3. The van der Waals surface area contributed by atoms with E-state index in [0.717, 1.165) is 5.69 Å². The Labute approximate surface area is 111 Å². The Kier molecular flexibility index (Phi) is 3.41. The van der Waals surface area contributed by atoms with Crippen LogP contribution < -0.4 is 15.4 Å². The first-order valence-corrected chi connectivity index (χ1v) is 5.74. The van der Waals surface area contributed by atoms with Gasteiger partial charge in [0.25, 0.3) is 5.91 Å². The number of carbonyl (C=O) groups excluding carboxylic acids is 1. The Morgan fingerprint density at radius 3 is 2.79 bits per heavy atom. The number of nitrogens with two attached hydrogens (primary N) is 1. The van der Waals surface area contributed by atoms with E-state index in [1.807, 2.05) is 18.2 Å². The molecule has 1 aromatic carbocycles. The standard InChI is InChI=1S/C13H16N4O2/c1-16(9-5-4-6-10(7-9)19-3)13(18)11-8-15-17(2)12(11)14/h4-8H,14H2,1-3H3. The third-order valence-corrected chi connectivity index (χ3v) is 2.96. The van der Waals surface area contributed by atoms with Gasteiger partial charge in [-0.2, -0.15) is 5.10 Å². The highest BCUT2D eigenvalue weighted by atomic mass is 16.5. The van der Waals surface area contributed by atoms with Gasteiger partial charge in [-0.15, -0.1) is 0 Å². The fraction of sp³-hybridized carbons (Fsp3) is 0.231. The summed E-state index contributed by atoms with van der Waals surface area (Å²) in [6.45, 7) is 0. The number of amides is 1. The van der Waals surface area contributed by atoms with Gasteiger partial charge in [0.1, 0.15) is 17.1 Å². The minimum atomic E-state index is -0.209. The third kappa shape index (κ3) is 2.37. The number of hydrogen-bond donors (Lipinski definition) is 1. The molecule has 19 heavy (non-hydrogen) atoms. The number of nitrogen functional groups attached to an aromatic ring is 1. The molecule has 0 radical (unpaired) electrons. The molecule has 0 aliphatic heterocycles. The first kappa shape index (κ1) is 12.9. The van der Waals surface area contributed by atoms with Crippen LogP contribution in [0, 0.1) is 0 Å². The quantitative estimate of drug-likeness (QED) is 0.902. The molecular formula is C13H16N4O2. The number of anilines is 2. The first-order valence-electron chi connectivity index (χ1n) is 5.74. The van der Waals surface area contributed by atoms with Gasteiger partial charge in [0.15, 0.2) is 0 Å². The van der Waals surface area contributed by atoms with Gasteiger partial charge >= 0.3 is 0 Å². The van der Waals surface area contributed by atoms with Gasteiger partial charge in [-0.25, -0.2) is 0 Å². The predicted octanol–water partition coefficient (Wildman–Crippen LogP) is 1.29. The van der Waals surface area contributed by atoms with E-state index in [1.165, 1.54) is 15.8 Å². The molecule has 1 heterocycles. The minimum absolute atomic E-state index is 0.209. The van der Waals surface area contributed by atoms with E-state index in [9.17, 15) is 4.79 Å². The van der Waals surface area contributed by atoms with Gasteiger partial charge in [-0.05, 0) is 12.1 Å². The van der Waals surface area contributed by atoms with Crippen LogP contribution in [-0.4, -0.2) is 29.8 Å². The zero-order valence-electron chi connectivity index (χ0n) is 11.1. The third-order valence-electron chi connectivity index (χ3n) is 2.96. The Bertz CT molecular complexity index is 606. The van der Waals surface area contributed by atoms with Crippen LogP contribution in [0.1, 0.15) is 10.4 Å². The lowest BCUT2D eigenvalue weighted by Crippen LogP contribution is -2.26. The number of benzene rings is 1. The molecule has 0 bridgehead atoms. The van der Waals surface area contributed by atoms with Crippen LogP contribution >= 0.6 is 0 Å². The topological polar surface area (TPSA) is 73.4 Å². The summed E-state index contributed by atoms with van der Waals surface area (Å²) in [5.74, 6) is 0.829. The number of aromatic nitrogens is 2. The van der Waals surface area contributed by atoms with Crippen LogP contribution in [0.3, 0.4) is 0 Å². The summed E-state index contributed by atoms with van der Waals surface area (Å²) in [6.07, 6.45) is 1.47. The monoisotopic (exact) mass is 260 g/mol. The second-order valence-electron chi connectivity index (χ2n) is 4.13. The molecule has 1 aromatic heterocycles. The normalized spacial score (nSPS) is 10.3. The van der Waals surface area contributed by atoms with Crippen LogP contribution in [0.25, 0.3) is 0 Å². The lowest BCUT2D eigenvalue weighted by Gasteiger charge is -2.17. The van der Waals surface area contributed by atoms with Gasteiger partial charge in [-0.1, -0.05) is 6.07 Å². The van der Waals surface area contributed by atoms with Crippen molar-refractivity contribution in [3.8, 4) is 5.75 Å². The van der Waals surface area contributed by atoms with Gasteiger partial charge in [-0.3, -0.25) is 9.48 Å². The highest BCUT2D eigenvalue weighted by molar-refractivity contribution is 6.08. The largest absolute Gasteiger partial charge is 0.497 e. The van der Waals surface area contributed by atoms with Gasteiger partial charge < -0.3 is 15.4 Å². The molecule has 0 saturated heterocycles. The average molecular weight is 260 g/mol. The molecule has 0 saturated carbocycles. The molecule has 0 aliphatic rings. The second kappa shape index (κ2) is 5.01. The van der Waals surface area contributed by atoms with E-state index >= 15 is 0 Å². The van der Waals surface area contributed by atoms with Crippen LogP contribution in [-0.2, 0) is 7.05 Å². The first-order chi connectivity index (χ1) is 9.04. The smallest absolute Gasteiger partial charge is 0.263 e. The van der Waals surface area contributed by atoms with Crippen molar-refractivity contribution in [1.82, 2.24) is 9.78 Å². The van der Waals surface area contributed by atoms with Gasteiger partial charge in [0.05, 0.1) is 13.3 Å². The molecule has 2 aromatic rings. The van der Waals surface area contributed by atoms with Crippen molar-refractivity contribution in [2.75, 3.05) is 24.8 Å². The summed E-state index contributed by atoms with van der Waals surface area (Å²) in [5, 5.41) is 3.97. The maximum Gasteiger partial charge on any atom is 0.263 e. The lowest BCUT2D eigenvalue weighted by atomic mass is 10.2. The highest BCUT2D eigenvalue weighted by Gasteiger charge is 2.19. The van der Waals surface area contributed by atoms with Crippen molar-refractivity contribution < 1.29 is 9.53 Å². The molecule has 2 rings (SSSR count). The molecule has 0 atom stereocenters. The molecular weight excluding hydrogens is 244 g/mol. The molecule has 0 unspecified atom stereocenters. The summed E-state index contributed by atoms with van der Waals surface area (Å²) in [4.78, 5) is 13.8. The van der Waals surface area contributed by atoms with E-state index in [0.29, 0.717) is 17.1 Å². The van der Waals surface area contributed by atoms with Gasteiger partial charge in [0.2, 0.25) is 0 Å². The van der Waals surface area contributed by atoms with Crippen molar-refractivity contribution in [1.29, 1.82) is 0 Å². The van der Waals surface area contributed by atoms with Crippen LogP contribution in [0.15, 0.2) is 30.5 Å². The zero-order valence-corrected chi connectivity index (χ0v) is 11.1. The lowest BCUT2D eigenvalue weighted by molar-refractivity contribution is 0.0994. The van der Waals surface area contributed by atoms with Crippen molar-refractivity contribution >= 4 is 17.4 Å². The fourth-order valence-corrected chi connectivity index (χ4v) is 1.73. The number of ether oxygens (including phenoxy) is 1. The summed E-state index contributed by atoms with van der Waals surface area (Å²) in [6, 6.07) is 7.25. The molecule has 2 N–H and O–H groups in total. The number of methoxy groups -OCH3 is 1. The van der Waals surface area contributed by atoms with Crippen molar-refractivity contribution in [2.24, 2.45) is 7.05 Å². The molecule has 6 heteroatoms. The number of hydrogen-bond acceptors (Lipinski definition) is 4. The maximum atomic E-state index is 12.3. The van der Waals surface area contributed by atoms with Crippen LogP contribution in [0.4, 0.5) is 11.5 Å². The van der Waals surface area contributed by atoms with E-state index < -0.39 is 0 Å². The average Bonchev–Trinajstić information content (AvgIpc) is 2.77. The molecule has 0 fully saturated rings. The van der Waals surface area contributed by atoms with Crippen molar-refractivity contribution in [3.05, 3.63) is 36.0 Å². The van der Waals surface area contributed by atoms with E-state index in [2.05, 4.69) is 5.10 Å². The summed E-state index contributed by atoms with van der Waals surface area (Å²) < 4.78 is 6.60. The summed E-state index contributed by atoms with van der Waals surface area (Å²) in [5.41, 5.74) is 6.92. The molecule has 0 aliphatic carbocycles. The predicted molar refractivity (Wildman–Crippen MR) is 73.3 cm³/mol. The van der Waals surface area contributed by atoms with E-state index in [1.54, 1.807) is 27.3 Å². The second-order valence-corrected chi connectivity index (χ2v) is 4.13. The Morgan fingerprint density at radius 1 is 1.47 bits per heavy atom. The number of nitrogens with zero attached hydrogens (tertiary/aromatic N) is 3. The molecule has 6 nitrogen and oxygen atoms in total. The number of carbonyl (C=O) groups is 1. The molecule has 0 spiro atoms. The summed E-state index contributed by atoms with van der Waals surface area (Å²) >= 11 is 0. The van der Waals surface area contributed by atoms with Crippen molar-refractivity contribution in [2.45, 2.75) is 0 Å². The Hall–Kier alpha value is -2.50. The van der Waals surface area contributed by atoms with Gasteiger partial charge in [0, 0.05) is 25.8 Å². The fourth-order valence-electron chi connectivity index (χ4n) is 1.73. The van der Waals surface area contributed by atoms with Crippen LogP contribution in [0.2, 0.25) is 0 Å². The minimum Gasteiger partial charge on any atom is -0.497 e. The Balaban J connectivity index is 2.30. The van der Waals surface area contributed by atoms with Crippen LogP contribution in [0.5, 0.6) is 5.75 Å². The zero-order chi connectivity index (χ0) is 14.0. The van der Waals surface area contributed by atoms with E-state index in [-0.39, 0.29) is 5.91 Å². The van der Waals surface area contributed by atoms with Crippen molar-refractivity contribution in [3.63, 3.8) is 0 Å². The SMILES string of the molecule is COc1cccc(N(C)C(=O)c2cnn(C)c2N)c1. The number of aryl methyl sites for hydroxylation is 1.